The summed E-state index contributed by atoms with van der Waals surface area (Å²) in [6.07, 6.45) is -4.42. The van der Waals surface area contributed by atoms with Gasteiger partial charge in [-0.05, 0) is 63.5 Å². The van der Waals surface area contributed by atoms with E-state index in [1.54, 1.807) is 6.07 Å². The molecule has 0 spiro atoms. The molecule has 9 heteroatoms. The molecule has 4 rings (SSSR count). The molecule has 3 nitrogen and oxygen atoms in total. The van der Waals surface area contributed by atoms with Crippen LogP contribution in [0.25, 0.3) is 10.2 Å². The van der Waals surface area contributed by atoms with Gasteiger partial charge in [-0.1, -0.05) is 40.2 Å². The topological polar surface area (TPSA) is 34.0 Å². The lowest BCUT2D eigenvalue weighted by atomic mass is 10.1. The quantitative estimate of drug-likeness (QED) is 0.269. The molecule has 1 N–H and O–H groups in total. The first kappa shape index (κ1) is 22.1. The van der Waals surface area contributed by atoms with E-state index in [-0.39, 0.29) is 12.5 Å². The van der Waals surface area contributed by atoms with Gasteiger partial charge < -0.3 is 9.88 Å². The molecule has 1 amide bonds. The standard InChI is InChI=1S/C22H15Br2F3N2OS/c23-16-6-4-13(5-7-16)12-29-17-10-20(24)31-19(17)9-18(29)21(30)28-11-14-2-1-3-15(8-14)22(25,26)27/h1-10H,11-12H2,(H,28,30). The van der Waals surface area contributed by atoms with Gasteiger partial charge in [0.2, 0.25) is 0 Å². The van der Waals surface area contributed by atoms with E-state index in [2.05, 4.69) is 37.2 Å². The third-order valence-corrected chi connectivity index (χ3v) is 6.86. The summed E-state index contributed by atoms with van der Waals surface area (Å²) in [5.74, 6) is -0.339. The molecule has 31 heavy (non-hydrogen) atoms. The maximum Gasteiger partial charge on any atom is 0.416 e. The molecule has 0 bridgehead atoms. The zero-order chi connectivity index (χ0) is 22.2. The molecule has 0 saturated heterocycles. The molecule has 0 aliphatic heterocycles. The number of rotatable bonds is 5. The summed E-state index contributed by atoms with van der Waals surface area (Å²) in [5, 5.41) is 2.75. The van der Waals surface area contributed by atoms with E-state index in [9.17, 15) is 18.0 Å². The highest BCUT2D eigenvalue weighted by Gasteiger charge is 2.30. The fraction of sp³-hybridized carbons (Fsp3) is 0.136. The molecule has 0 radical (unpaired) electrons. The summed E-state index contributed by atoms with van der Waals surface area (Å²) in [7, 11) is 0. The molecule has 2 aromatic carbocycles. The zero-order valence-electron chi connectivity index (χ0n) is 15.8. The van der Waals surface area contributed by atoms with Crippen molar-refractivity contribution in [3.63, 3.8) is 0 Å². The van der Waals surface area contributed by atoms with Crippen LogP contribution >= 0.6 is 43.2 Å². The normalized spacial score (nSPS) is 11.8. The largest absolute Gasteiger partial charge is 0.416 e. The van der Waals surface area contributed by atoms with Crippen molar-refractivity contribution in [1.29, 1.82) is 0 Å². The van der Waals surface area contributed by atoms with Crippen molar-refractivity contribution in [2.45, 2.75) is 19.3 Å². The van der Waals surface area contributed by atoms with Gasteiger partial charge in [-0.2, -0.15) is 13.2 Å². The molecular formula is C22H15Br2F3N2OS. The third kappa shape index (κ3) is 5.05. The van der Waals surface area contributed by atoms with Gasteiger partial charge in [-0.25, -0.2) is 0 Å². The molecule has 2 heterocycles. The van der Waals surface area contributed by atoms with Crippen LogP contribution in [0.15, 0.2) is 68.9 Å². The molecule has 4 aromatic rings. The second kappa shape index (κ2) is 8.80. The molecule has 0 atom stereocenters. The van der Waals surface area contributed by atoms with Gasteiger partial charge in [0.25, 0.3) is 5.91 Å². The lowest BCUT2D eigenvalue weighted by Crippen LogP contribution is -2.25. The Morgan fingerprint density at radius 3 is 2.45 bits per heavy atom. The SMILES string of the molecule is O=C(NCc1cccc(C(F)(F)F)c1)c1cc2sc(Br)cc2n1Cc1ccc(Br)cc1. The summed E-state index contributed by atoms with van der Waals surface area (Å²) in [6, 6.07) is 16.6. The summed E-state index contributed by atoms with van der Waals surface area (Å²) in [6.45, 7) is 0.496. The summed E-state index contributed by atoms with van der Waals surface area (Å²) in [4.78, 5) is 12.9. The number of benzene rings is 2. The molecule has 160 valence electrons. The lowest BCUT2D eigenvalue weighted by molar-refractivity contribution is -0.137. The number of halogens is 5. The van der Waals surface area contributed by atoms with Gasteiger partial charge in [0.15, 0.2) is 0 Å². The second-order valence-electron chi connectivity index (χ2n) is 6.92. The lowest BCUT2D eigenvalue weighted by Gasteiger charge is -2.12. The predicted octanol–water partition coefficient (Wildman–Crippen LogP) is 7.22. The number of thiophene rings is 1. The van der Waals surface area contributed by atoms with Crippen LogP contribution in [-0.4, -0.2) is 10.5 Å². The number of amides is 1. The number of hydrogen-bond donors (Lipinski definition) is 1. The van der Waals surface area contributed by atoms with E-state index in [0.717, 1.165) is 36.2 Å². The Balaban J connectivity index is 1.59. The van der Waals surface area contributed by atoms with Gasteiger partial charge in [0, 0.05) is 17.6 Å². The Hall–Kier alpha value is -2.10. The summed E-state index contributed by atoms with van der Waals surface area (Å²) < 4.78 is 43.6. The number of hydrogen-bond acceptors (Lipinski definition) is 2. The Bertz CT molecular complexity index is 1250. The molecule has 2 aromatic heterocycles. The molecule has 0 unspecified atom stereocenters. The minimum atomic E-state index is -4.42. The third-order valence-electron chi connectivity index (χ3n) is 4.75. The van der Waals surface area contributed by atoms with Crippen LogP contribution < -0.4 is 5.32 Å². The van der Waals surface area contributed by atoms with Gasteiger partial charge in [-0.3, -0.25) is 4.79 Å². The summed E-state index contributed by atoms with van der Waals surface area (Å²) >= 11 is 8.42. The minimum absolute atomic E-state index is 0.00353. The van der Waals surface area contributed by atoms with Crippen molar-refractivity contribution in [3.8, 4) is 0 Å². The number of aromatic nitrogens is 1. The number of nitrogens with zero attached hydrogens (tertiary/aromatic N) is 1. The Kier molecular flexibility index (Phi) is 6.27. The number of fused-ring (bicyclic) bond motifs is 1. The molecule has 0 aliphatic carbocycles. The van der Waals surface area contributed by atoms with Crippen LogP contribution in [0.1, 0.15) is 27.2 Å². The number of carbonyl (C=O) groups is 1. The van der Waals surface area contributed by atoms with Crippen LogP contribution in [0, 0.1) is 0 Å². The van der Waals surface area contributed by atoms with E-state index in [1.807, 2.05) is 41.0 Å². The van der Waals surface area contributed by atoms with E-state index >= 15 is 0 Å². The zero-order valence-corrected chi connectivity index (χ0v) is 19.8. The predicted molar refractivity (Wildman–Crippen MR) is 123 cm³/mol. The highest BCUT2D eigenvalue weighted by Crippen LogP contribution is 2.33. The number of carbonyl (C=O) groups excluding carboxylic acids is 1. The maximum absolute atomic E-state index is 12.9. The minimum Gasteiger partial charge on any atom is -0.347 e. The molecule has 0 aliphatic rings. The van der Waals surface area contributed by atoms with Crippen LogP contribution in [0.2, 0.25) is 0 Å². The van der Waals surface area contributed by atoms with Crippen LogP contribution in [0.5, 0.6) is 0 Å². The van der Waals surface area contributed by atoms with Crippen molar-refractivity contribution in [2.24, 2.45) is 0 Å². The maximum atomic E-state index is 12.9. The first-order valence-electron chi connectivity index (χ1n) is 9.18. The van der Waals surface area contributed by atoms with E-state index in [1.165, 1.54) is 17.4 Å². The van der Waals surface area contributed by atoms with Gasteiger partial charge >= 0.3 is 6.18 Å². The van der Waals surface area contributed by atoms with Gasteiger partial charge in [0.1, 0.15) is 5.69 Å². The van der Waals surface area contributed by atoms with Crippen LogP contribution in [0.3, 0.4) is 0 Å². The van der Waals surface area contributed by atoms with Crippen LogP contribution in [0.4, 0.5) is 13.2 Å². The van der Waals surface area contributed by atoms with Gasteiger partial charge in [-0.15, -0.1) is 11.3 Å². The Morgan fingerprint density at radius 1 is 1.00 bits per heavy atom. The fourth-order valence-electron chi connectivity index (χ4n) is 3.27. The van der Waals surface area contributed by atoms with Crippen molar-refractivity contribution in [2.75, 3.05) is 0 Å². The van der Waals surface area contributed by atoms with Gasteiger partial charge in [0.05, 0.1) is 19.6 Å². The first-order chi connectivity index (χ1) is 14.7. The Labute approximate surface area is 197 Å². The van der Waals surface area contributed by atoms with Crippen molar-refractivity contribution in [3.05, 3.63) is 91.3 Å². The molecular weight excluding hydrogens is 557 g/mol. The number of nitrogens with one attached hydrogen (secondary N) is 1. The molecule has 0 fully saturated rings. The highest BCUT2D eigenvalue weighted by atomic mass is 79.9. The van der Waals surface area contributed by atoms with E-state index in [0.29, 0.717) is 17.8 Å². The first-order valence-corrected chi connectivity index (χ1v) is 11.6. The average Bonchev–Trinajstić information content (AvgIpc) is 3.24. The van der Waals surface area contributed by atoms with Crippen molar-refractivity contribution < 1.29 is 18.0 Å². The monoisotopic (exact) mass is 570 g/mol. The number of alkyl halides is 3. The van der Waals surface area contributed by atoms with Crippen molar-refractivity contribution in [1.82, 2.24) is 9.88 Å². The summed E-state index contributed by atoms with van der Waals surface area (Å²) in [5.41, 5.74) is 2.06. The average molecular weight is 572 g/mol. The van der Waals surface area contributed by atoms with Crippen LogP contribution in [-0.2, 0) is 19.3 Å². The van der Waals surface area contributed by atoms with Crippen molar-refractivity contribution >= 4 is 59.3 Å². The van der Waals surface area contributed by atoms with E-state index in [4.69, 9.17) is 0 Å². The molecule has 0 saturated carbocycles. The second-order valence-corrected chi connectivity index (χ2v) is 10.3. The van der Waals surface area contributed by atoms with E-state index < -0.39 is 11.7 Å². The fourth-order valence-corrected chi connectivity index (χ4v) is 5.10. The highest BCUT2D eigenvalue weighted by molar-refractivity contribution is 9.11. The smallest absolute Gasteiger partial charge is 0.347 e. The Morgan fingerprint density at radius 2 is 1.74 bits per heavy atom.